The summed E-state index contributed by atoms with van der Waals surface area (Å²) >= 11 is 5.86. The molecular formula is C22H29ClO4. The molecule has 27 heavy (non-hydrogen) atoms. The maximum Gasteiger partial charge on any atom is 0.179 e. The molecular weight excluding hydrogens is 364 g/mol. The molecule has 8 atom stereocenters. The molecule has 0 unspecified atom stereocenters. The quantitative estimate of drug-likeness (QED) is 0.708. The molecule has 4 nitrogen and oxygen atoms in total. The van der Waals surface area contributed by atoms with Crippen molar-refractivity contribution in [1.82, 2.24) is 0 Å². The van der Waals surface area contributed by atoms with Gasteiger partial charge in [-0.2, -0.15) is 0 Å². The van der Waals surface area contributed by atoms with Crippen LogP contribution in [0.1, 0.15) is 46.5 Å². The van der Waals surface area contributed by atoms with Crippen molar-refractivity contribution >= 4 is 23.2 Å². The molecule has 4 aliphatic rings. The first-order chi connectivity index (χ1) is 12.6. The summed E-state index contributed by atoms with van der Waals surface area (Å²) in [5.74, 6) is -0.326. The molecule has 0 aromatic carbocycles. The topological polar surface area (TPSA) is 74.6 Å². The Labute approximate surface area is 165 Å². The highest BCUT2D eigenvalue weighted by molar-refractivity contribution is 6.29. The Hall–Kier alpha value is -0.970. The molecule has 0 saturated heterocycles. The van der Waals surface area contributed by atoms with E-state index in [0.29, 0.717) is 6.42 Å². The Kier molecular flexibility index (Phi) is 4.31. The SMILES string of the molecule is C[C@@H]1C[C@H]2[C@@H]3CCC4=CC(=O)C=C[C@]4(C)[C@H]3[C@H](O)C[C@]2(C)[C@@]1(O)C(=O)CCl. The summed E-state index contributed by atoms with van der Waals surface area (Å²) in [6.45, 7) is 6.03. The van der Waals surface area contributed by atoms with Gasteiger partial charge in [-0.25, -0.2) is 0 Å². The van der Waals surface area contributed by atoms with Gasteiger partial charge in [-0.3, -0.25) is 9.59 Å². The smallest absolute Gasteiger partial charge is 0.179 e. The molecule has 0 heterocycles. The van der Waals surface area contributed by atoms with Gasteiger partial charge in [0, 0.05) is 16.7 Å². The van der Waals surface area contributed by atoms with Crippen LogP contribution in [-0.2, 0) is 9.59 Å². The second-order valence-corrected chi connectivity index (χ2v) is 9.94. The number of carbonyl (C=O) groups is 2. The number of alkyl halides is 1. The largest absolute Gasteiger partial charge is 0.393 e. The van der Waals surface area contributed by atoms with Crippen LogP contribution in [0.3, 0.4) is 0 Å². The van der Waals surface area contributed by atoms with E-state index in [0.717, 1.165) is 24.8 Å². The van der Waals surface area contributed by atoms with Crippen molar-refractivity contribution in [2.75, 3.05) is 5.88 Å². The predicted octanol–water partition coefficient (Wildman–Crippen LogP) is 3.05. The Balaban J connectivity index is 1.78. The molecule has 3 fully saturated rings. The van der Waals surface area contributed by atoms with Gasteiger partial charge in [-0.05, 0) is 55.6 Å². The van der Waals surface area contributed by atoms with E-state index in [4.69, 9.17) is 11.6 Å². The van der Waals surface area contributed by atoms with Crippen molar-refractivity contribution in [2.45, 2.75) is 58.2 Å². The van der Waals surface area contributed by atoms with Crippen LogP contribution in [-0.4, -0.2) is 39.4 Å². The van der Waals surface area contributed by atoms with Crippen molar-refractivity contribution in [3.8, 4) is 0 Å². The van der Waals surface area contributed by atoms with Gasteiger partial charge in [0.15, 0.2) is 11.6 Å². The van der Waals surface area contributed by atoms with Crippen molar-refractivity contribution in [1.29, 1.82) is 0 Å². The number of aliphatic hydroxyl groups excluding tert-OH is 1. The first-order valence-corrected chi connectivity index (χ1v) is 10.6. The summed E-state index contributed by atoms with van der Waals surface area (Å²) in [6.07, 6.45) is 7.54. The van der Waals surface area contributed by atoms with Crippen molar-refractivity contribution in [3.63, 3.8) is 0 Å². The number of rotatable bonds is 2. The third-order valence-corrected chi connectivity index (χ3v) is 8.87. The second kappa shape index (κ2) is 6.01. The Bertz CT molecular complexity index is 757. The molecule has 4 aliphatic carbocycles. The van der Waals surface area contributed by atoms with Crippen LogP contribution < -0.4 is 0 Å². The fourth-order valence-electron chi connectivity index (χ4n) is 7.36. The highest BCUT2D eigenvalue weighted by Crippen LogP contribution is 2.68. The molecule has 0 spiro atoms. The van der Waals surface area contributed by atoms with Crippen LogP contribution >= 0.6 is 11.6 Å². The van der Waals surface area contributed by atoms with E-state index in [-0.39, 0.29) is 46.5 Å². The van der Waals surface area contributed by atoms with E-state index in [1.54, 1.807) is 12.2 Å². The van der Waals surface area contributed by atoms with Crippen LogP contribution in [0, 0.1) is 34.5 Å². The van der Waals surface area contributed by atoms with E-state index in [2.05, 4.69) is 6.92 Å². The molecule has 0 aromatic rings. The molecule has 0 amide bonds. The number of Topliss-reactive ketones (excluding diaryl/α,β-unsaturated/α-hetero) is 1. The van der Waals surface area contributed by atoms with Crippen LogP contribution in [0.25, 0.3) is 0 Å². The summed E-state index contributed by atoms with van der Waals surface area (Å²) < 4.78 is 0. The molecule has 0 aliphatic heterocycles. The average Bonchev–Trinajstić information content (AvgIpc) is 2.82. The molecule has 3 saturated carbocycles. The van der Waals surface area contributed by atoms with E-state index >= 15 is 0 Å². The van der Waals surface area contributed by atoms with Gasteiger partial charge >= 0.3 is 0 Å². The number of carbonyl (C=O) groups excluding carboxylic acids is 2. The van der Waals surface area contributed by atoms with Crippen LogP contribution in [0.2, 0.25) is 0 Å². The van der Waals surface area contributed by atoms with E-state index in [9.17, 15) is 19.8 Å². The lowest BCUT2D eigenvalue weighted by Crippen LogP contribution is -2.62. The van der Waals surface area contributed by atoms with Gasteiger partial charge in [0.2, 0.25) is 0 Å². The Morgan fingerprint density at radius 3 is 2.74 bits per heavy atom. The fraction of sp³-hybridized carbons (Fsp3) is 0.727. The van der Waals surface area contributed by atoms with Gasteiger partial charge in [0.25, 0.3) is 0 Å². The third-order valence-electron chi connectivity index (χ3n) is 8.62. The predicted molar refractivity (Wildman–Crippen MR) is 103 cm³/mol. The number of ketones is 2. The zero-order valence-electron chi connectivity index (χ0n) is 16.2. The summed E-state index contributed by atoms with van der Waals surface area (Å²) in [5, 5.41) is 22.8. The van der Waals surface area contributed by atoms with Crippen LogP contribution in [0.15, 0.2) is 23.8 Å². The van der Waals surface area contributed by atoms with Gasteiger partial charge < -0.3 is 10.2 Å². The number of allylic oxidation sites excluding steroid dienone is 4. The first kappa shape index (κ1) is 19.4. The maximum atomic E-state index is 12.7. The van der Waals surface area contributed by atoms with E-state index < -0.39 is 17.1 Å². The lowest BCUT2D eigenvalue weighted by atomic mass is 9.46. The second-order valence-electron chi connectivity index (χ2n) is 9.67. The van der Waals surface area contributed by atoms with Crippen molar-refractivity contribution in [3.05, 3.63) is 23.8 Å². The van der Waals surface area contributed by atoms with Crippen LogP contribution in [0.4, 0.5) is 0 Å². The minimum absolute atomic E-state index is 0.000536. The van der Waals surface area contributed by atoms with Crippen molar-refractivity contribution in [2.24, 2.45) is 34.5 Å². The first-order valence-electron chi connectivity index (χ1n) is 10.0. The molecule has 4 rings (SSSR count). The monoisotopic (exact) mass is 392 g/mol. The molecule has 0 radical (unpaired) electrons. The fourth-order valence-corrected chi connectivity index (χ4v) is 7.56. The standard InChI is InChI=1S/C22H29ClO4/c1-12-8-16-15-5-4-13-9-14(24)6-7-20(13,2)19(15)17(25)10-21(16,3)22(12,27)18(26)11-23/h6-7,9,12,15-17,19,25,27H,4-5,8,10-11H2,1-3H3/t12-,15+,16+,17-,19-,20+,21+,22+/m1/s1. The lowest BCUT2D eigenvalue weighted by Gasteiger charge is -2.59. The summed E-state index contributed by atoms with van der Waals surface area (Å²) in [6, 6.07) is 0. The highest BCUT2D eigenvalue weighted by atomic mass is 35.5. The van der Waals surface area contributed by atoms with Gasteiger partial charge in [-0.15, -0.1) is 11.6 Å². The zero-order chi connectivity index (χ0) is 19.8. The number of fused-ring (bicyclic) bond motifs is 5. The minimum Gasteiger partial charge on any atom is -0.393 e. The molecule has 5 heteroatoms. The number of hydrogen-bond donors (Lipinski definition) is 2. The van der Waals surface area contributed by atoms with Gasteiger partial charge in [0.05, 0.1) is 12.0 Å². The average molecular weight is 393 g/mol. The van der Waals surface area contributed by atoms with E-state index in [1.807, 2.05) is 19.9 Å². The summed E-state index contributed by atoms with van der Waals surface area (Å²) in [5.41, 5.74) is -1.39. The number of aliphatic hydroxyl groups is 2. The Morgan fingerprint density at radius 1 is 1.37 bits per heavy atom. The third kappa shape index (κ3) is 2.30. The van der Waals surface area contributed by atoms with E-state index in [1.165, 1.54) is 0 Å². The maximum absolute atomic E-state index is 12.7. The number of hydrogen-bond acceptors (Lipinski definition) is 4. The zero-order valence-corrected chi connectivity index (χ0v) is 17.0. The number of halogens is 1. The summed E-state index contributed by atoms with van der Waals surface area (Å²) in [7, 11) is 0. The van der Waals surface area contributed by atoms with Crippen molar-refractivity contribution < 1.29 is 19.8 Å². The lowest BCUT2D eigenvalue weighted by molar-refractivity contribution is -0.179. The summed E-state index contributed by atoms with van der Waals surface area (Å²) in [4.78, 5) is 24.5. The molecule has 0 bridgehead atoms. The molecule has 0 aromatic heterocycles. The highest BCUT2D eigenvalue weighted by Gasteiger charge is 2.70. The minimum atomic E-state index is -1.49. The van der Waals surface area contributed by atoms with Gasteiger partial charge in [0.1, 0.15) is 5.60 Å². The normalized spacial score (nSPS) is 51.3. The molecule has 148 valence electrons. The van der Waals surface area contributed by atoms with Crippen LogP contribution in [0.5, 0.6) is 0 Å². The molecule has 2 N–H and O–H groups in total. The van der Waals surface area contributed by atoms with Gasteiger partial charge in [-0.1, -0.05) is 32.4 Å². The Morgan fingerprint density at radius 2 is 2.07 bits per heavy atom.